The summed E-state index contributed by atoms with van der Waals surface area (Å²) in [7, 11) is 1.50. The van der Waals surface area contributed by atoms with E-state index in [4.69, 9.17) is 9.47 Å². The minimum atomic E-state index is -0.538. The van der Waals surface area contributed by atoms with E-state index < -0.39 is 5.97 Å². The summed E-state index contributed by atoms with van der Waals surface area (Å²) in [5.41, 5.74) is 4.12. The summed E-state index contributed by atoms with van der Waals surface area (Å²) in [6.45, 7) is 1.16. The molecule has 0 unspecified atom stereocenters. The molecule has 0 bridgehead atoms. The lowest BCUT2D eigenvalue weighted by Crippen LogP contribution is -2.16. The molecule has 5 nitrogen and oxygen atoms in total. The first kappa shape index (κ1) is 18.8. The first-order valence-electron chi connectivity index (χ1n) is 8.96. The molecule has 2 aromatic rings. The highest BCUT2D eigenvalue weighted by Crippen LogP contribution is 2.23. The molecule has 140 valence electrons. The Hall–Kier alpha value is -2.95. The van der Waals surface area contributed by atoms with Crippen LogP contribution >= 0.6 is 0 Å². The van der Waals surface area contributed by atoms with Gasteiger partial charge < -0.3 is 9.47 Å². The van der Waals surface area contributed by atoms with Crippen molar-refractivity contribution in [3.63, 3.8) is 0 Å². The second-order valence-electron chi connectivity index (χ2n) is 6.68. The fourth-order valence-corrected chi connectivity index (χ4v) is 3.32. The number of carbonyl (C=O) groups excluding carboxylic acids is 3. The molecule has 0 saturated heterocycles. The molecule has 0 aromatic heterocycles. The molecule has 0 aliphatic heterocycles. The van der Waals surface area contributed by atoms with E-state index in [0.29, 0.717) is 22.4 Å². The molecular formula is C22H22O5. The van der Waals surface area contributed by atoms with E-state index in [1.807, 2.05) is 12.1 Å². The number of rotatable bonds is 7. The van der Waals surface area contributed by atoms with Gasteiger partial charge in [-0.15, -0.1) is 0 Å². The maximum absolute atomic E-state index is 12.3. The number of hydrogen-bond donors (Lipinski definition) is 0. The Bertz CT molecular complexity index is 898. The van der Waals surface area contributed by atoms with Crippen molar-refractivity contribution < 1.29 is 23.9 Å². The zero-order valence-electron chi connectivity index (χ0n) is 15.5. The molecule has 1 aliphatic rings. The number of Topliss-reactive ketones (excluding diaryl/α,β-unsaturated/α-hetero) is 2. The maximum atomic E-state index is 12.3. The Morgan fingerprint density at radius 3 is 2.44 bits per heavy atom. The van der Waals surface area contributed by atoms with Gasteiger partial charge in [-0.05, 0) is 61.6 Å². The molecule has 0 heterocycles. The lowest BCUT2D eigenvalue weighted by Gasteiger charge is -2.10. The molecule has 0 saturated carbocycles. The monoisotopic (exact) mass is 366 g/mol. The number of ketones is 2. The standard InChI is InChI=1S/C22H22O5/c1-14(23)16-8-9-21(26-2)19(10-16)12-22(25)27-13-20(24)18-7-6-15-4-3-5-17(15)11-18/h6-11H,3-5,12-13H2,1-2H3. The van der Waals surface area contributed by atoms with E-state index >= 15 is 0 Å². The normalized spacial score (nSPS) is 12.4. The fourth-order valence-electron chi connectivity index (χ4n) is 3.32. The SMILES string of the molecule is COc1ccc(C(C)=O)cc1CC(=O)OCC(=O)c1ccc2c(c1)CCC2. The Balaban J connectivity index is 1.62. The van der Waals surface area contributed by atoms with Gasteiger partial charge >= 0.3 is 5.97 Å². The van der Waals surface area contributed by atoms with Gasteiger partial charge in [0.05, 0.1) is 13.5 Å². The van der Waals surface area contributed by atoms with Crippen LogP contribution < -0.4 is 4.74 Å². The second kappa shape index (κ2) is 8.16. The van der Waals surface area contributed by atoms with Crippen LogP contribution in [0.25, 0.3) is 0 Å². The summed E-state index contributed by atoms with van der Waals surface area (Å²) in [6, 6.07) is 10.6. The van der Waals surface area contributed by atoms with Crippen LogP contribution in [0.3, 0.4) is 0 Å². The van der Waals surface area contributed by atoms with E-state index in [2.05, 4.69) is 0 Å². The number of esters is 1. The third kappa shape index (κ3) is 4.42. The molecular weight excluding hydrogens is 344 g/mol. The highest BCUT2D eigenvalue weighted by molar-refractivity contribution is 5.98. The topological polar surface area (TPSA) is 69.7 Å². The zero-order valence-corrected chi connectivity index (χ0v) is 15.5. The van der Waals surface area contributed by atoms with Gasteiger partial charge in [0.2, 0.25) is 0 Å². The van der Waals surface area contributed by atoms with Crippen LogP contribution in [0.1, 0.15) is 50.8 Å². The number of methoxy groups -OCH3 is 1. The quantitative estimate of drug-likeness (QED) is 0.555. The highest BCUT2D eigenvalue weighted by atomic mass is 16.5. The van der Waals surface area contributed by atoms with Crippen molar-refractivity contribution in [1.29, 1.82) is 0 Å². The molecule has 0 atom stereocenters. The molecule has 1 aliphatic carbocycles. The van der Waals surface area contributed by atoms with Gasteiger partial charge in [0.15, 0.2) is 18.2 Å². The van der Waals surface area contributed by atoms with Crippen molar-refractivity contribution in [2.75, 3.05) is 13.7 Å². The Morgan fingerprint density at radius 1 is 0.963 bits per heavy atom. The maximum Gasteiger partial charge on any atom is 0.310 e. The molecule has 0 N–H and O–H groups in total. The first-order valence-corrected chi connectivity index (χ1v) is 8.96. The van der Waals surface area contributed by atoms with Gasteiger partial charge in [0, 0.05) is 16.7 Å². The summed E-state index contributed by atoms with van der Waals surface area (Å²) in [4.78, 5) is 36.0. The summed E-state index contributed by atoms with van der Waals surface area (Å²) < 4.78 is 10.4. The van der Waals surface area contributed by atoms with Gasteiger partial charge in [-0.1, -0.05) is 12.1 Å². The highest BCUT2D eigenvalue weighted by Gasteiger charge is 2.17. The Labute approximate surface area is 158 Å². The predicted molar refractivity (Wildman–Crippen MR) is 100 cm³/mol. The minimum Gasteiger partial charge on any atom is -0.496 e. The largest absolute Gasteiger partial charge is 0.496 e. The van der Waals surface area contributed by atoms with Crippen molar-refractivity contribution >= 4 is 17.5 Å². The molecule has 27 heavy (non-hydrogen) atoms. The van der Waals surface area contributed by atoms with Crippen LogP contribution in [0.4, 0.5) is 0 Å². The van der Waals surface area contributed by atoms with E-state index in [1.165, 1.54) is 25.2 Å². The molecule has 0 spiro atoms. The van der Waals surface area contributed by atoms with Gasteiger partial charge in [0.25, 0.3) is 0 Å². The van der Waals surface area contributed by atoms with Crippen LogP contribution in [-0.2, 0) is 28.8 Å². The van der Waals surface area contributed by atoms with E-state index in [1.54, 1.807) is 24.3 Å². The number of benzene rings is 2. The van der Waals surface area contributed by atoms with Crippen LogP contribution in [0, 0.1) is 0 Å². The van der Waals surface area contributed by atoms with Gasteiger partial charge in [-0.25, -0.2) is 0 Å². The van der Waals surface area contributed by atoms with Gasteiger partial charge in [-0.3, -0.25) is 14.4 Å². The molecule has 0 radical (unpaired) electrons. The number of hydrogen-bond acceptors (Lipinski definition) is 5. The van der Waals surface area contributed by atoms with E-state index in [9.17, 15) is 14.4 Å². The fraction of sp³-hybridized carbons (Fsp3) is 0.318. The summed E-state index contributed by atoms with van der Waals surface area (Å²) in [5.74, 6) is -0.355. The van der Waals surface area contributed by atoms with Crippen molar-refractivity contribution in [1.82, 2.24) is 0 Å². The molecule has 0 fully saturated rings. The molecule has 5 heteroatoms. The van der Waals surface area contributed by atoms with Crippen molar-refractivity contribution in [2.24, 2.45) is 0 Å². The van der Waals surface area contributed by atoms with Crippen LogP contribution in [0.15, 0.2) is 36.4 Å². The Kier molecular flexibility index (Phi) is 5.69. The summed E-state index contributed by atoms with van der Waals surface area (Å²) in [6.07, 6.45) is 3.09. The van der Waals surface area contributed by atoms with Crippen LogP contribution in [0.2, 0.25) is 0 Å². The average molecular weight is 366 g/mol. The summed E-state index contributed by atoms with van der Waals surface area (Å²) >= 11 is 0. The van der Waals surface area contributed by atoms with Crippen LogP contribution in [-0.4, -0.2) is 31.3 Å². The zero-order chi connectivity index (χ0) is 19.4. The smallest absolute Gasteiger partial charge is 0.310 e. The second-order valence-corrected chi connectivity index (χ2v) is 6.68. The van der Waals surface area contributed by atoms with Gasteiger partial charge in [-0.2, -0.15) is 0 Å². The van der Waals surface area contributed by atoms with Crippen molar-refractivity contribution in [2.45, 2.75) is 32.6 Å². The van der Waals surface area contributed by atoms with Gasteiger partial charge in [0.1, 0.15) is 5.75 Å². The lowest BCUT2D eigenvalue weighted by molar-refractivity contribution is -0.141. The van der Waals surface area contributed by atoms with Crippen molar-refractivity contribution in [3.05, 3.63) is 64.2 Å². The summed E-state index contributed by atoms with van der Waals surface area (Å²) in [5, 5.41) is 0. The third-order valence-corrected chi connectivity index (χ3v) is 4.81. The number of carbonyl (C=O) groups is 3. The molecule has 2 aromatic carbocycles. The molecule has 3 rings (SSSR count). The first-order chi connectivity index (χ1) is 13.0. The minimum absolute atomic E-state index is 0.0677. The third-order valence-electron chi connectivity index (χ3n) is 4.81. The lowest BCUT2D eigenvalue weighted by atomic mass is 10.0. The average Bonchev–Trinajstić information content (AvgIpc) is 3.13. The van der Waals surface area contributed by atoms with Crippen LogP contribution in [0.5, 0.6) is 5.75 Å². The Morgan fingerprint density at radius 2 is 1.70 bits per heavy atom. The number of fused-ring (bicyclic) bond motifs is 1. The van der Waals surface area contributed by atoms with E-state index in [-0.39, 0.29) is 24.6 Å². The number of ether oxygens (including phenoxy) is 2. The van der Waals surface area contributed by atoms with E-state index in [0.717, 1.165) is 19.3 Å². The van der Waals surface area contributed by atoms with Crippen molar-refractivity contribution in [3.8, 4) is 5.75 Å². The number of aryl methyl sites for hydroxylation is 2. The predicted octanol–water partition coefficient (Wildman–Crippen LogP) is 3.36. The molecule has 0 amide bonds.